The summed E-state index contributed by atoms with van der Waals surface area (Å²) in [7, 11) is 0. The molecule has 0 unspecified atom stereocenters. The molecule has 4 heterocycles. The molecule has 0 bridgehead atoms. The molecular formula is C37H42Br3N5O8. The van der Waals surface area contributed by atoms with Gasteiger partial charge in [-0.25, -0.2) is 0 Å². The Morgan fingerprint density at radius 2 is 1.11 bits per heavy atom. The zero-order chi connectivity index (χ0) is 37.8. The minimum absolute atomic E-state index is 0.0555. The fourth-order valence-electron chi connectivity index (χ4n) is 5.09. The fourth-order valence-corrected chi connectivity index (χ4v) is 5.77. The van der Waals surface area contributed by atoms with Crippen molar-refractivity contribution in [2.45, 2.75) is 19.8 Å². The quantitative estimate of drug-likeness (QED) is 0.131. The Morgan fingerprint density at radius 1 is 0.604 bits per heavy atom. The first-order chi connectivity index (χ1) is 25.9. The summed E-state index contributed by atoms with van der Waals surface area (Å²) in [6, 6.07) is 21.9. The van der Waals surface area contributed by atoms with Gasteiger partial charge in [0.2, 0.25) is 10.9 Å². The van der Waals surface area contributed by atoms with Gasteiger partial charge in [-0.3, -0.25) is 28.9 Å². The highest BCUT2D eigenvalue weighted by Gasteiger charge is 2.27. The molecule has 2 aliphatic heterocycles. The summed E-state index contributed by atoms with van der Waals surface area (Å²) >= 11 is 9.79. The maximum atomic E-state index is 12.4. The van der Waals surface area contributed by atoms with Crippen molar-refractivity contribution in [2.24, 2.45) is 0 Å². The third kappa shape index (κ3) is 12.8. The molecule has 284 valence electrons. The predicted octanol–water partition coefficient (Wildman–Crippen LogP) is 4.44. The second kappa shape index (κ2) is 23.0. The van der Waals surface area contributed by atoms with E-state index in [-0.39, 0.29) is 53.1 Å². The summed E-state index contributed by atoms with van der Waals surface area (Å²) in [5.41, 5.74) is 1.79. The summed E-state index contributed by atoms with van der Waals surface area (Å²) in [4.78, 5) is 48.5. The van der Waals surface area contributed by atoms with Gasteiger partial charge in [-0.05, 0) is 11.1 Å². The first kappa shape index (κ1) is 41.8. The second-order valence-electron chi connectivity index (χ2n) is 11.2. The van der Waals surface area contributed by atoms with Gasteiger partial charge in [0.25, 0.3) is 11.8 Å². The van der Waals surface area contributed by atoms with Gasteiger partial charge in [-0.1, -0.05) is 108 Å². The molecule has 2 aromatic carbocycles. The smallest absolute Gasteiger partial charge is 0.275 e. The minimum Gasteiger partial charge on any atom is -0.483 e. The van der Waals surface area contributed by atoms with Crippen molar-refractivity contribution in [1.82, 2.24) is 19.9 Å². The standard InChI is InChI=1S/C18H20BrN3O4.C15H14N2O3.C4H8Br2O/c19-7-10-25-11-9-21-13-20-18(24)16-17(15(23)6-8-22(16)21)26-12-14-4-2-1-3-5-14;18-12-6-8-17-9-7-16-15(19)13(17)14(12)20-10-11-4-2-1-3-5-11;5-1-3-7-4-2-6/h1-6,8H,7,9-13H2,(H,20,24);1-6,8H,7,9-10H2,(H,16,19);1-4H2. The van der Waals surface area contributed by atoms with E-state index in [1.807, 2.05) is 65.7 Å². The van der Waals surface area contributed by atoms with E-state index in [9.17, 15) is 19.2 Å². The number of carbonyl (C=O) groups excluding carboxylic acids is 2. The lowest BCUT2D eigenvalue weighted by molar-refractivity contribution is 0.0903. The van der Waals surface area contributed by atoms with Gasteiger partial charge < -0.3 is 34.1 Å². The Kier molecular flexibility index (Phi) is 18.1. The molecule has 4 aromatic rings. The molecule has 0 saturated heterocycles. The molecule has 13 nitrogen and oxygen atoms in total. The molecule has 0 atom stereocenters. The summed E-state index contributed by atoms with van der Waals surface area (Å²) < 4.78 is 25.3. The Bertz CT molecular complexity index is 1860. The fraction of sp³-hybridized carbons (Fsp3) is 0.351. The Morgan fingerprint density at radius 3 is 1.68 bits per heavy atom. The summed E-state index contributed by atoms with van der Waals surface area (Å²) in [5.74, 6) is -0.422. The van der Waals surface area contributed by atoms with Crippen LogP contribution in [0.25, 0.3) is 0 Å². The highest BCUT2D eigenvalue weighted by Crippen LogP contribution is 2.19. The van der Waals surface area contributed by atoms with E-state index in [2.05, 4.69) is 58.4 Å². The van der Waals surface area contributed by atoms with Crippen molar-refractivity contribution < 1.29 is 28.5 Å². The second-order valence-corrected chi connectivity index (χ2v) is 13.6. The Balaban J connectivity index is 0.000000205. The van der Waals surface area contributed by atoms with E-state index >= 15 is 0 Å². The van der Waals surface area contributed by atoms with E-state index < -0.39 is 0 Å². The van der Waals surface area contributed by atoms with Crippen LogP contribution in [0.3, 0.4) is 0 Å². The molecule has 16 heteroatoms. The average molecular weight is 924 g/mol. The van der Waals surface area contributed by atoms with Crippen LogP contribution in [0.15, 0.2) is 94.8 Å². The topological polar surface area (TPSA) is 142 Å². The van der Waals surface area contributed by atoms with Crippen LogP contribution in [0.1, 0.15) is 32.1 Å². The van der Waals surface area contributed by atoms with Crippen molar-refractivity contribution >= 4 is 59.6 Å². The highest BCUT2D eigenvalue weighted by molar-refractivity contribution is 9.09. The Hall–Kier alpha value is -3.96. The number of nitrogens with zero attached hydrogens (tertiary/aromatic N) is 3. The molecule has 0 aliphatic carbocycles. The maximum Gasteiger partial charge on any atom is 0.275 e. The third-order valence-corrected chi connectivity index (χ3v) is 8.54. The SMILES string of the molecule is BrCCOCCBr.O=C1NCCn2ccc(=O)c(OCc3ccccc3)c21.O=C1NCN(CCOCCBr)n2ccc(=O)c(OCc3ccccc3)c21. The van der Waals surface area contributed by atoms with Crippen molar-refractivity contribution in [1.29, 1.82) is 0 Å². The zero-order valence-corrected chi connectivity index (χ0v) is 33.8. The number of benzene rings is 2. The van der Waals surface area contributed by atoms with Crippen LogP contribution in [0.4, 0.5) is 0 Å². The van der Waals surface area contributed by atoms with Crippen LogP contribution in [0.2, 0.25) is 0 Å². The molecule has 53 heavy (non-hydrogen) atoms. The molecule has 0 spiro atoms. The number of ether oxygens (including phenoxy) is 4. The first-order valence-electron chi connectivity index (χ1n) is 16.9. The highest BCUT2D eigenvalue weighted by atomic mass is 79.9. The lowest BCUT2D eigenvalue weighted by atomic mass is 10.2. The number of carbonyl (C=O) groups is 2. The average Bonchev–Trinajstić information content (AvgIpc) is 3.18. The molecule has 0 saturated carbocycles. The lowest BCUT2D eigenvalue weighted by Gasteiger charge is -2.33. The van der Waals surface area contributed by atoms with Crippen molar-refractivity contribution in [3.63, 3.8) is 0 Å². The van der Waals surface area contributed by atoms with E-state index in [4.69, 9.17) is 18.9 Å². The number of fused-ring (bicyclic) bond motifs is 2. The molecule has 2 N–H and O–H groups in total. The molecule has 2 amide bonds. The molecule has 6 rings (SSSR count). The number of nitrogens with one attached hydrogen (secondary N) is 2. The van der Waals surface area contributed by atoms with E-state index in [0.717, 1.165) is 40.3 Å². The van der Waals surface area contributed by atoms with Gasteiger partial charge in [0.05, 0.1) is 33.0 Å². The van der Waals surface area contributed by atoms with Crippen LogP contribution in [0, 0.1) is 0 Å². The Labute approximate surface area is 332 Å². The molecule has 0 fully saturated rings. The number of amides is 2. The number of hydrogen-bond acceptors (Lipinski definition) is 9. The van der Waals surface area contributed by atoms with Crippen LogP contribution in [0.5, 0.6) is 11.5 Å². The van der Waals surface area contributed by atoms with Crippen molar-refractivity contribution in [2.75, 3.05) is 67.2 Å². The van der Waals surface area contributed by atoms with Crippen LogP contribution in [-0.2, 0) is 29.2 Å². The number of halogens is 3. The van der Waals surface area contributed by atoms with E-state index in [0.29, 0.717) is 45.2 Å². The number of rotatable bonds is 15. The van der Waals surface area contributed by atoms with Crippen LogP contribution >= 0.6 is 47.8 Å². The number of aromatic nitrogens is 2. The summed E-state index contributed by atoms with van der Waals surface area (Å²) in [5, 5.41) is 10.0. The van der Waals surface area contributed by atoms with E-state index in [1.165, 1.54) is 12.1 Å². The summed E-state index contributed by atoms with van der Waals surface area (Å²) in [6.07, 6.45) is 3.22. The van der Waals surface area contributed by atoms with Gasteiger partial charge in [0, 0.05) is 53.6 Å². The van der Waals surface area contributed by atoms with Gasteiger partial charge in [0.1, 0.15) is 19.9 Å². The molecule has 2 aliphatic rings. The van der Waals surface area contributed by atoms with Gasteiger partial charge in [-0.2, -0.15) is 0 Å². The predicted molar refractivity (Wildman–Crippen MR) is 214 cm³/mol. The largest absolute Gasteiger partial charge is 0.483 e. The number of hydrogen-bond donors (Lipinski definition) is 2. The van der Waals surface area contributed by atoms with E-state index in [1.54, 1.807) is 21.6 Å². The monoisotopic (exact) mass is 921 g/mol. The first-order valence-corrected chi connectivity index (χ1v) is 20.2. The lowest BCUT2D eigenvalue weighted by Crippen LogP contribution is -2.53. The molecule has 0 radical (unpaired) electrons. The molecular weight excluding hydrogens is 882 g/mol. The van der Waals surface area contributed by atoms with Crippen molar-refractivity contribution in [3.05, 3.63) is 128 Å². The van der Waals surface area contributed by atoms with Gasteiger partial charge in [0.15, 0.2) is 22.9 Å². The summed E-state index contributed by atoms with van der Waals surface area (Å²) in [6.45, 7) is 5.34. The normalized spacial score (nSPS) is 12.8. The van der Waals surface area contributed by atoms with Crippen LogP contribution in [-0.4, -0.2) is 83.2 Å². The number of pyridine rings is 2. The van der Waals surface area contributed by atoms with Gasteiger partial charge >= 0.3 is 0 Å². The third-order valence-electron chi connectivity index (χ3n) is 7.57. The maximum absolute atomic E-state index is 12.4. The van der Waals surface area contributed by atoms with Crippen LogP contribution < -0.4 is 36.0 Å². The minimum atomic E-state index is -0.330. The zero-order valence-electron chi connectivity index (χ0n) is 29.0. The number of alkyl halides is 3. The van der Waals surface area contributed by atoms with Crippen molar-refractivity contribution in [3.8, 4) is 11.5 Å². The molecule has 2 aromatic heterocycles. The van der Waals surface area contributed by atoms with Gasteiger partial charge in [-0.15, -0.1) is 0 Å².